The summed E-state index contributed by atoms with van der Waals surface area (Å²) in [6, 6.07) is 8.27. The fourth-order valence-electron chi connectivity index (χ4n) is 3.63. The second-order valence-corrected chi connectivity index (χ2v) is 7.31. The van der Waals surface area contributed by atoms with E-state index in [1.807, 2.05) is 29.3 Å². The molecular formula is C18H20N2OS. The molecule has 2 aliphatic rings. The number of nitrogens with zero attached hydrogens (tertiary/aromatic N) is 2. The molecule has 1 atom stereocenters. The van der Waals surface area contributed by atoms with Gasteiger partial charge in [-0.05, 0) is 62.3 Å². The minimum absolute atomic E-state index is 0.146. The molecule has 0 unspecified atom stereocenters. The molecule has 0 saturated carbocycles. The van der Waals surface area contributed by atoms with Gasteiger partial charge >= 0.3 is 0 Å². The Labute approximate surface area is 135 Å². The first-order valence-electron chi connectivity index (χ1n) is 8.16. The minimum Gasteiger partial charge on any atom is -0.329 e. The summed E-state index contributed by atoms with van der Waals surface area (Å²) < 4.78 is 0. The van der Waals surface area contributed by atoms with E-state index in [4.69, 9.17) is 0 Å². The van der Waals surface area contributed by atoms with Crippen LogP contribution in [0.4, 0.5) is 0 Å². The van der Waals surface area contributed by atoms with Crippen LogP contribution in [0.1, 0.15) is 57.5 Å². The first kappa shape index (κ1) is 13.9. The Bertz CT molecular complexity index is 656. The Morgan fingerprint density at radius 2 is 2.14 bits per heavy atom. The molecule has 0 spiro atoms. The number of aryl methyl sites for hydroxylation is 2. The molecule has 1 aliphatic heterocycles. The summed E-state index contributed by atoms with van der Waals surface area (Å²) in [5, 5.41) is 0. The number of likely N-dealkylation sites (tertiary alicyclic amines) is 1. The number of hydrogen-bond acceptors (Lipinski definition) is 3. The van der Waals surface area contributed by atoms with Gasteiger partial charge in [0.1, 0.15) is 0 Å². The van der Waals surface area contributed by atoms with E-state index >= 15 is 0 Å². The highest BCUT2D eigenvalue weighted by Gasteiger charge is 2.32. The largest absolute Gasteiger partial charge is 0.329 e. The van der Waals surface area contributed by atoms with Gasteiger partial charge in [0.25, 0.3) is 5.91 Å². The van der Waals surface area contributed by atoms with Crippen LogP contribution in [0.3, 0.4) is 0 Å². The maximum Gasteiger partial charge on any atom is 0.264 e. The topological polar surface area (TPSA) is 33.2 Å². The van der Waals surface area contributed by atoms with E-state index in [2.05, 4.69) is 11.1 Å². The zero-order valence-electron chi connectivity index (χ0n) is 12.6. The Morgan fingerprint density at radius 1 is 1.23 bits per heavy atom. The molecular weight excluding hydrogens is 292 g/mol. The van der Waals surface area contributed by atoms with Gasteiger partial charge in [0.2, 0.25) is 0 Å². The van der Waals surface area contributed by atoms with Crippen molar-refractivity contribution in [1.82, 2.24) is 9.88 Å². The summed E-state index contributed by atoms with van der Waals surface area (Å²) >= 11 is 1.72. The van der Waals surface area contributed by atoms with Crippen LogP contribution < -0.4 is 0 Å². The molecule has 1 saturated heterocycles. The first-order valence-corrected chi connectivity index (χ1v) is 8.98. The summed E-state index contributed by atoms with van der Waals surface area (Å²) in [4.78, 5) is 21.8. The van der Waals surface area contributed by atoms with Gasteiger partial charge in [0.05, 0.1) is 16.6 Å². The molecule has 2 aromatic heterocycles. The summed E-state index contributed by atoms with van der Waals surface area (Å²) in [5.74, 6) is 0.201. The van der Waals surface area contributed by atoms with Crippen LogP contribution in [0.2, 0.25) is 0 Å². The molecule has 1 fully saturated rings. The van der Waals surface area contributed by atoms with Crippen molar-refractivity contribution in [2.24, 2.45) is 0 Å². The van der Waals surface area contributed by atoms with Crippen LogP contribution in [-0.2, 0) is 12.8 Å². The van der Waals surface area contributed by atoms with Crippen LogP contribution in [0.25, 0.3) is 0 Å². The van der Waals surface area contributed by atoms with E-state index in [0.29, 0.717) is 0 Å². The van der Waals surface area contributed by atoms with Gasteiger partial charge in [-0.25, -0.2) is 0 Å². The second kappa shape index (κ2) is 5.84. The molecule has 22 heavy (non-hydrogen) atoms. The quantitative estimate of drug-likeness (QED) is 0.840. The van der Waals surface area contributed by atoms with E-state index in [1.54, 1.807) is 11.3 Å². The van der Waals surface area contributed by atoms with Crippen LogP contribution in [0.15, 0.2) is 30.5 Å². The van der Waals surface area contributed by atoms with E-state index < -0.39 is 0 Å². The number of carbonyl (C=O) groups excluding carboxylic acids is 1. The van der Waals surface area contributed by atoms with Gasteiger partial charge < -0.3 is 4.90 Å². The number of hydrogen-bond donors (Lipinski definition) is 0. The number of aromatic nitrogens is 1. The molecule has 0 radical (unpaired) electrons. The van der Waals surface area contributed by atoms with E-state index in [-0.39, 0.29) is 11.9 Å². The molecule has 0 aromatic carbocycles. The molecule has 1 amide bonds. The van der Waals surface area contributed by atoms with Crippen LogP contribution in [-0.4, -0.2) is 22.3 Å². The summed E-state index contributed by atoms with van der Waals surface area (Å²) in [6.45, 7) is 0.850. The van der Waals surface area contributed by atoms with Gasteiger partial charge in [-0.15, -0.1) is 11.3 Å². The smallest absolute Gasteiger partial charge is 0.264 e. The number of thiophene rings is 1. The van der Waals surface area contributed by atoms with Crippen molar-refractivity contribution in [2.45, 2.75) is 44.6 Å². The van der Waals surface area contributed by atoms with E-state index in [0.717, 1.165) is 42.8 Å². The molecule has 3 heterocycles. The van der Waals surface area contributed by atoms with Crippen LogP contribution in [0, 0.1) is 0 Å². The lowest BCUT2D eigenvalue weighted by Crippen LogP contribution is -2.30. The number of pyridine rings is 1. The minimum atomic E-state index is 0.146. The van der Waals surface area contributed by atoms with E-state index in [9.17, 15) is 4.79 Å². The molecule has 0 bridgehead atoms. The standard InChI is InChI=1S/C18H20N2OS/c21-18(17-12-13-6-1-2-9-16(13)22-17)20-11-5-8-15(20)14-7-3-4-10-19-14/h3-4,7,10,12,15H,1-2,5-6,8-9,11H2/t15-/m1/s1. The Balaban J connectivity index is 1.60. The molecule has 4 heteroatoms. The predicted octanol–water partition coefficient (Wildman–Crippen LogP) is 4.00. The lowest BCUT2D eigenvalue weighted by molar-refractivity contribution is 0.0738. The zero-order valence-corrected chi connectivity index (χ0v) is 13.4. The Kier molecular flexibility index (Phi) is 3.70. The fraction of sp³-hybridized carbons (Fsp3) is 0.444. The van der Waals surface area contributed by atoms with Crippen molar-refractivity contribution in [2.75, 3.05) is 6.54 Å². The Morgan fingerprint density at radius 3 is 2.95 bits per heavy atom. The summed E-state index contributed by atoms with van der Waals surface area (Å²) in [7, 11) is 0. The van der Waals surface area contributed by atoms with Crippen molar-refractivity contribution < 1.29 is 4.79 Å². The Hall–Kier alpha value is -1.68. The van der Waals surface area contributed by atoms with Crippen molar-refractivity contribution in [3.8, 4) is 0 Å². The fourth-order valence-corrected chi connectivity index (χ4v) is 4.84. The average molecular weight is 312 g/mol. The molecule has 1 aliphatic carbocycles. The summed E-state index contributed by atoms with van der Waals surface area (Å²) in [6.07, 6.45) is 8.73. The van der Waals surface area contributed by atoms with Gasteiger partial charge in [-0.3, -0.25) is 9.78 Å². The van der Waals surface area contributed by atoms with Crippen LogP contribution >= 0.6 is 11.3 Å². The second-order valence-electron chi connectivity index (χ2n) is 6.18. The maximum absolute atomic E-state index is 13.0. The monoisotopic (exact) mass is 312 g/mol. The summed E-state index contributed by atoms with van der Waals surface area (Å²) in [5.41, 5.74) is 2.43. The van der Waals surface area contributed by atoms with Gasteiger partial charge in [0, 0.05) is 17.6 Å². The third-order valence-corrected chi connectivity index (χ3v) is 5.98. The lowest BCUT2D eigenvalue weighted by atomic mass is 9.99. The SMILES string of the molecule is O=C(c1cc2c(s1)CCCC2)N1CCC[C@@H]1c1ccccn1. The number of amides is 1. The highest BCUT2D eigenvalue weighted by Crippen LogP contribution is 2.35. The number of fused-ring (bicyclic) bond motifs is 1. The lowest BCUT2D eigenvalue weighted by Gasteiger charge is -2.23. The molecule has 3 nitrogen and oxygen atoms in total. The zero-order chi connectivity index (χ0) is 14.9. The van der Waals surface area contributed by atoms with Crippen LogP contribution in [0.5, 0.6) is 0 Å². The van der Waals surface area contributed by atoms with Crippen molar-refractivity contribution in [3.05, 3.63) is 51.5 Å². The third-order valence-electron chi connectivity index (χ3n) is 4.75. The number of carbonyl (C=O) groups is 1. The van der Waals surface area contributed by atoms with Crippen molar-refractivity contribution in [3.63, 3.8) is 0 Å². The molecule has 2 aromatic rings. The van der Waals surface area contributed by atoms with E-state index in [1.165, 1.54) is 23.3 Å². The van der Waals surface area contributed by atoms with Gasteiger partial charge in [0.15, 0.2) is 0 Å². The maximum atomic E-state index is 13.0. The molecule has 4 rings (SSSR count). The van der Waals surface area contributed by atoms with Crippen molar-refractivity contribution >= 4 is 17.2 Å². The predicted molar refractivity (Wildman–Crippen MR) is 88.2 cm³/mol. The average Bonchev–Trinajstić information content (AvgIpc) is 3.21. The first-order chi connectivity index (χ1) is 10.8. The van der Waals surface area contributed by atoms with Crippen molar-refractivity contribution in [1.29, 1.82) is 0 Å². The number of rotatable bonds is 2. The highest BCUT2D eigenvalue weighted by atomic mass is 32.1. The van der Waals surface area contributed by atoms with Gasteiger partial charge in [-0.2, -0.15) is 0 Å². The highest BCUT2D eigenvalue weighted by molar-refractivity contribution is 7.14. The normalized spacial score (nSPS) is 20.9. The third kappa shape index (κ3) is 2.45. The molecule has 0 N–H and O–H groups in total. The molecule has 114 valence electrons. The van der Waals surface area contributed by atoms with Gasteiger partial charge in [-0.1, -0.05) is 6.07 Å².